The van der Waals surface area contributed by atoms with Crippen LogP contribution in [0, 0.1) is 0 Å². The topological polar surface area (TPSA) is 44.8 Å². The summed E-state index contributed by atoms with van der Waals surface area (Å²) in [6, 6.07) is 7.38. The Hall–Kier alpha value is -3.10. The van der Waals surface area contributed by atoms with E-state index in [2.05, 4.69) is 14.2 Å². The molecule has 0 atom stereocenters. The number of aldehydes is 1. The molecule has 0 saturated carbocycles. The lowest BCUT2D eigenvalue weighted by Crippen LogP contribution is -2.25. The maximum absolute atomic E-state index is 13.0. The number of hydrogen-bond acceptors (Lipinski definition) is 4. The minimum atomic E-state index is -4.90. The van der Waals surface area contributed by atoms with Crippen LogP contribution >= 0.6 is 0 Å². The van der Waals surface area contributed by atoms with E-state index < -0.39 is 18.4 Å². The molecule has 0 amide bonds. The van der Waals surface area contributed by atoms with Gasteiger partial charge in [0.1, 0.15) is 12.0 Å². The third-order valence-corrected chi connectivity index (χ3v) is 3.21. The largest absolute Gasteiger partial charge is 0.586 e. The van der Waals surface area contributed by atoms with Gasteiger partial charge in [0.15, 0.2) is 11.5 Å². The van der Waals surface area contributed by atoms with Crippen molar-refractivity contribution in [3.63, 3.8) is 0 Å². The average molecular weight is 372 g/mol. The van der Waals surface area contributed by atoms with Gasteiger partial charge in [-0.05, 0) is 41.5 Å². The van der Waals surface area contributed by atoms with Crippen molar-refractivity contribution < 1.29 is 41.0 Å². The lowest BCUT2D eigenvalue weighted by atomic mass is 10.1. The highest BCUT2D eigenvalue weighted by molar-refractivity contribution is 5.79. The third-order valence-electron chi connectivity index (χ3n) is 3.21. The second-order valence-electron chi connectivity index (χ2n) is 5.21. The molecule has 0 N–H and O–H groups in total. The number of fused-ring (bicyclic) bond motifs is 1. The molecule has 0 aliphatic carbocycles. The van der Waals surface area contributed by atoms with Gasteiger partial charge < -0.3 is 14.2 Å². The molecule has 2 aromatic rings. The maximum Gasteiger partial charge on any atom is 0.586 e. The van der Waals surface area contributed by atoms with Crippen LogP contribution in [0.1, 0.15) is 21.5 Å². The number of hydrogen-bond donors (Lipinski definition) is 0. The molecular weight excluding hydrogens is 363 g/mol. The molecular formula is C17H9F5O4. The van der Waals surface area contributed by atoms with Crippen molar-refractivity contribution in [2.24, 2.45) is 0 Å². The van der Waals surface area contributed by atoms with Crippen molar-refractivity contribution in [2.75, 3.05) is 0 Å². The highest BCUT2D eigenvalue weighted by atomic mass is 19.4. The van der Waals surface area contributed by atoms with Gasteiger partial charge in [-0.25, -0.2) is 0 Å². The van der Waals surface area contributed by atoms with Gasteiger partial charge in [-0.1, -0.05) is 18.2 Å². The van der Waals surface area contributed by atoms with Crippen LogP contribution in [0.25, 0.3) is 12.2 Å². The van der Waals surface area contributed by atoms with Crippen LogP contribution in [0.2, 0.25) is 0 Å². The van der Waals surface area contributed by atoms with Gasteiger partial charge >= 0.3 is 12.7 Å². The average Bonchev–Trinajstić information content (AvgIpc) is 2.84. The summed E-state index contributed by atoms with van der Waals surface area (Å²) in [5, 5.41) is 0. The molecule has 2 aromatic carbocycles. The molecule has 0 bridgehead atoms. The number of rotatable bonds is 4. The molecule has 0 fully saturated rings. The molecule has 1 heterocycles. The van der Waals surface area contributed by atoms with Crippen molar-refractivity contribution in [2.45, 2.75) is 12.7 Å². The zero-order chi connectivity index (χ0) is 18.9. The monoisotopic (exact) mass is 372 g/mol. The molecule has 0 spiro atoms. The van der Waals surface area contributed by atoms with Gasteiger partial charge in [0.25, 0.3) is 0 Å². The number of ether oxygens (including phenoxy) is 3. The summed E-state index contributed by atoms with van der Waals surface area (Å²) in [5.41, 5.74) is 0.661. The number of alkyl halides is 5. The van der Waals surface area contributed by atoms with Crippen molar-refractivity contribution in [1.82, 2.24) is 0 Å². The predicted molar refractivity (Wildman–Crippen MR) is 80.1 cm³/mol. The van der Waals surface area contributed by atoms with E-state index in [4.69, 9.17) is 0 Å². The van der Waals surface area contributed by atoms with Crippen LogP contribution in [-0.2, 0) is 0 Å². The lowest BCUT2D eigenvalue weighted by Gasteiger charge is -2.10. The Labute approximate surface area is 143 Å². The van der Waals surface area contributed by atoms with Crippen LogP contribution in [0.3, 0.4) is 0 Å². The molecule has 1 aliphatic rings. The fraction of sp³-hybridized carbons (Fsp3) is 0.118. The van der Waals surface area contributed by atoms with E-state index in [1.54, 1.807) is 0 Å². The molecule has 9 heteroatoms. The Balaban J connectivity index is 1.85. The Morgan fingerprint density at radius 3 is 2.23 bits per heavy atom. The minimum Gasteiger partial charge on any atom is -0.406 e. The number of halogens is 5. The van der Waals surface area contributed by atoms with Crippen molar-refractivity contribution >= 4 is 18.4 Å². The van der Waals surface area contributed by atoms with E-state index in [0.29, 0.717) is 11.8 Å². The number of benzene rings is 2. The molecule has 26 heavy (non-hydrogen) atoms. The van der Waals surface area contributed by atoms with E-state index >= 15 is 0 Å². The summed E-state index contributed by atoms with van der Waals surface area (Å²) in [4.78, 5) is 10.9. The van der Waals surface area contributed by atoms with Crippen LogP contribution in [0.15, 0.2) is 36.4 Å². The summed E-state index contributed by atoms with van der Waals surface area (Å²) in [6.07, 6.45) is -5.42. The van der Waals surface area contributed by atoms with Gasteiger partial charge in [0.05, 0.1) is 0 Å². The lowest BCUT2D eigenvalue weighted by molar-refractivity contribution is -0.286. The van der Waals surface area contributed by atoms with Crippen LogP contribution in [0.5, 0.6) is 17.2 Å². The summed E-state index contributed by atoms with van der Waals surface area (Å²) in [7, 11) is 0. The minimum absolute atomic E-state index is 0.0169. The third kappa shape index (κ3) is 4.29. The van der Waals surface area contributed by atoms with E-state index in [1.165, 1.54) is 36.4 Å². The van der Waals surface area contributed by atoms with E-state index in [1.807, 2.05) is 0 Å². The van der Waals surface area contributed by atoms with Gasteiger partial charge in [-0.3, -0.25) is 4.79 Å². The first-order valence-electron chi connectivity index (χ1n) is 7.07. The van der Waals surface area contributed by atoms with Crippen molar-refractivity contribution in [1.29, 1.82) is 0 Å². The first-order valence-corrected chi connectivity index (χ1v) is 7.07. The fourth-order valence-electron chi connectivity index (χ4n) is 2.26. The number of carbonyl (C=O) groups excluding carboxylic acids is 1. The van der Waals surface area contributed by atoms with Crippen LogP contribution < -0.4 is 14.2 Å². The van der Waals surface area contributed by atoms with E-state index in [0.717, 1.165) is 12.1 Å². The summed E-state index contributed by atoms with van der Waals surface area (Å²) in [6.45, 7) is 0. The maximum atomic E-state index is 13.0. The van der Waals surface area contributed by atoms with Crippen molar-refractivity contribution in [3.8, 4) is 17.2 Å². The Morgan fingerprint density at radius 2 is 1.54 bits per heavy atom. The van der Waals surface area contributed by atoms with Crippen LogP contribution in [0.4, 0.5) is 22.0 Å². The molecule has 3 rings (SSSR count). The standard InChI is InChI=1S/C17H9F5O4/c18-16(19,20)24-13-6-11(5-12(7-13)9-23)2-1-10-3-4-14-15(8-10)26-17(21,22)25-14/h1-9H/b2-1+. The van der Waals surface area contributed by atoms with Crippen LogP contribution in [-0.4, -0.2) is 18.9 Å². The molecule has 1 aliphatic heterocycles. The second kappa shape index (κ2) is 6.32. The predicted octanol–water partition coefficient (Wildman–Crippen LogP) is 4.89. The summed E-state index contributed by atoms with van der Waals surface area (Å²) >= 11 is 0. The Morgan fingerprint density at radius 1 is 0.885 bits per heavy atom. The highest BCUT2D eigenvalue weighted by Crippen LogP contribution is 2.41. The number of carbonyl (C=O) groups is 1. The summed E-state index contributed by atoms with van der Waals surface area (Å²) in [5.74, 6) is -0.845. The Bertz CT molecular complexity index is 874. The Kier molecular flexibility index (Phi) is 4.31. The quantitative estimate of drug-likeness (QED) is 0.436. The zero-order valence-electron chi connectivity index (χ0n) is 12.7. The molecule has 4 nitrogen and oxygen atoms in total. The summed E-state index contributed by atoms with van der Waals surface area (Å²) < 4.78 is 75.4. The zero-order valence-corrected chi connectivity index (χ0v) is 12.7. The van der Waals surface area contributed by atoms with E-state index in [9.17, 15) is 26.7 Å². The van der Waals surface area contributed by atoms with Gasteiger partial charge in [0, 0.05) is 5.56 Å². The molecule has 0 radical (unpaired) electrons. The smallest absolute Gasteiger partial charge is 0.406 e. The van der Waals surface area contributed by atoms with E-state index in [-0.39, 0.29) is 22.6 Å². The SMILES string of the molecule is O=Cc1cc(/C=C/c2ccc3c(c2)OC(F)(F)O3)cc(OC(F)(F)F)c1. The normalized spacial score (nSPS) is 15.3. The first kappa shape index (κ1) is 17.7. The molecule has 0 unspecified atom stereocenters. The molecule has 0 aromatic heterocycles. The fourth-order valence-corrected chi connectivity index (χ4v) is 2.26. The highest BCUT2D eigenvalue weighted by Gasteiger charge is 2.43. The van der Waals surface area contributed by atoms with Gasteiger partial charge in [-0.15, -0.1) is 22.0 Å². The first-order chi connectivity index (χ1) is 12.1. The second-order valence-corrected chi connectivity index (χ2v) is 5.21. The molecule has 136 valence electrons. The van der Waals surface area contributed by atoms with Crippen molar-refractivity contribution in [3.05, 3.63) is 53.1 Å². The van der Waals surface area contributed by atoms with Gasteiger partial charge in [-0.2, -0.15) is 0 Å². The van der Waals surface area contributed by atoms with Gasteiger partial charge in [0.2, 0.25) is 0 Å². The molecule has 0 saturated heterocycles.